The quantitative estimate of drug-likeness (QED) is 0.414. The van der Waals surface area contributed by atoms with Crippen molar-refractivity contribution in [2.24, 2.45) is 5.92 Å². The summed E-state index contributed by atoms with van der Waals surface area (Å²) in [6, 6.07) is 17.9. The molecule has 2 aromatic carbocycles. The third kappa shape index (κ3) is 4.95. The van der Waals surface area contributed by atoms with E-state index in [2.05, 4.69) is 20.6 Å². The lowest BCUT2D eigenvalue weighted by molar-refractivity contribution is -0.146. The van der Waals surface area contributed by atoms with Crippen LogP contribution in [0.25, 0.3) is 5.65 Å². The molecule has 1 aliphatic heterocycles. The van der Waals surface area contributed by atoms with Crippen molar-refractivity contribution in [3.8, 4) is 11.5 Å². The first-order valence-corrected chi connectivity index (χ1v) is 11.5. The number of aromatic nitrogens is 4. The molecule has 0 radical (unpaired) electrons. The molecule has 1 saturated heterocycles. The lowest BCUT2D eigenvalue weighted by Crippen LogP contribution is -2.38. The number of aryl methyl sites for hydroxylation is 1. The molecule has 36 heavy (non-hydrogen) atoms. The number of nitrogens with one attached hydrogen (secondary N) is 1. The molecule has 0 atom stereocenters. The van der Waals surface area contributed by atoms with Crippen LogP contribution in [-0.2, 0) is 11.0 Å². The smallest absolute Gasteiger partial charge is 0.453 e. The zero-order chi connectivity index (χ0) is 25.3. The van der Waals surface area contributed by atoms with E-state index >= 15 is 0 Å². The van der Waals surface area contributed by atoms with Crippen LogP contribution in [0.4, 0.5) is 24.7 Å². The average molecular weight is 496 g/mol. The number of carbonyl (C=O) groups is 1. The van der Waals surface area contributed by atoms with Gasteiger partial charge in [0.05, 0.1) is 5.69 Å². The molecule has 8 nitrogen and oxygen atoms in total. The minimum absolute atomic E-state index is 0.0202. The molecule has 1 fully saturated rings. The van der Waals surface area contributed by atoms with Crippen LogP contribution < -0.4 is 15.0 Å². The molecule has 0 spiro atoms. The molecule has 0 unspecified atom stereocenters. The van der Waals surface area contributed by atoms with Gasteiger partial charge in [0.1, 0.15) is 11.6 Å². The molecule has 186 valence electrons. The molecule has 4 aromatic rings. The summed E-state index contributed by atoms with van der Waals surface area (Å²) in [4.78, 5) is 14.9. The van der Waals surface area contributed by atoms with Crippen LogP contribution in [-0.4, -0.2) is 38.8 Å². The highest BCUT2D eigenvalue weighted by atomic mass is 19.4. The van der Waals surface area contributed by atoms with Crippen LogP contribution >= 0.6 is 0 Å². The van der Waals surface area contributed by atoms with Gasteiger partial charge in [-0.3, -0.25) is 4.79 Å². The maximum Gasteiger partial charge on any atom is 0.453 e. The summed E-state index contributed by atoms with van der Waals surface area (Å²) in [7, 11) is 0. The zero-order valence-electron chi connectivity index (χ0n) is 19.4. The second-order valence-electron chi connectivity index (χ2n) is 8.64. The van der Waals surface area contributed by atoms with E-state index in [0.717, 1.165) is 5.56 Å². The van der Waals surface area contributed by atoms with Crippen molar-refractivity contribution in [3.05, 3.63) is 72.1 Å². The topological polar surface area (TPSA) is 84.6 Å². The molecule has 1 aliphatic rings. The van der Waals surface area contributed by atoms with Gasteiger partial charge in [-0.1, -0.05) is 29.8 Å². The van der Waals surface area contributed by atoms with Crippen LogP contribution in [0.2, 0.25) is 0 Å². The largest absolute Gasteiger partial charge is 0.455 e. The fourth-order valence-electron chi connectivity index (χ4n) is 4.12. The summed E-state index contributed by atoms with van der Waals surface area (Å²) >= 11 is 0. The molecule has 3 heterocycles. The van der Waals surface area contributed by atoms with Gasteiger partial charge in [0.25, 0.3) is 5.82 Å². The second kappa shape index (κ2) is 9.48. The molecule has 1 amide bonds. The molecule has 5 rings (SSSR count). The summed E-state index contributed by atoms with van der Waals surface area (Å²) in [5.74, 6) is 0.0405. The number of halogens is 3. The van der Waals surface area contributed by atoms with Crippen LogP contribution in [0.15, 0.2) is 60.7 Å². The molecular formula is C25H23F3N6O2. The Morgan fingerprint density at radius 1 is 1.00 bits per heavy atom. The number of fused-ring (bicyclic) bond motifs is 1. The van der Waals surface area contributed by atoms with Crippen molar-refractivity contribution >= 4 is 23.1 Å². The van der Waals surface area contributed by atoms with E-state index in [-0.39, 0.29) is 17.5 Å². The first-order chi connectivity index (χ1) is 17.3. The maximum absolute atomic E-state index is 13.2. The Bertz CT molecular complexity index is 1380. The van der Waals surface area contributed by atoms with Crippen molar-refractivity contribution < 1.29 is 22.7 Å². The Kier molecular flexibility index (Phi) is 6.21. The van der Waals surface area contributed by atoms with Gasteiger partial charge in [-0.05, 0) is 56.2 Å². The number of benzene rings is 2. The second-order valence-corrected chi connectivity index (χ2v) is 8.64. The highest BCUT2D eigenvalue weighted by Crippen LogP contribution is 2.32. The van der Waals surface area contributed by atoms with Crippen LogP contribution in [0, 0.1) is 12.8 Å². The highest BCUT2D eigenvalue weighted by molar-refractivity contribution is 5.94. The number of para-hydroxylation sites is 2. The average Bonchev–Trinajstić information content (AvgIpc) is 3.31. The Morgan fingerprint density at radius 2 is 1.72 bits per heavy atom. The Hall–Kier alpha value is -4.15. The number of rotatable bonds is 5. The lowest BCUT2D eigenvalue weighted by atomic mass is 9.95. The van der Waals surface area contributed by atoms with E-state index in [9.17, 15) is 18.0 Å². The number of carbonyl (C=O) groups excluding carboxylic acids is 1. The van der Waals surface area contributed by atoms with E-state index in [1.807, 2.05) is 48.2 Å². The first-order valence-electron chi connectivity index (χ1n) is 11.5. The van der Waals surface area contributed by atoms with Crippen molar-refractivity contribution in [1.82, 2.24) is 19.8 Å². The number of amides is 1. The minimum Gasteiger partial charge on any atom is -0.455 e. The normalized spacial score (nSPS) is 14.7. The van der Waals surface area contributed by atoms with Gasteiger partial charge in [0, 0.05) is 19.0 Å². The van der Waals surface area contributed by atoms with Crippen molar-refractivity contribution in [1.29, 1.82) is 0 Å². The third-order valence-electron chi connectivity index (χ3n) is 6.09. The van der Waals surface area contributed by atoms with Crippen molar-refractivity contribution in [2.45, 2.75) is 25.9 Å². The predicted molar refractivity (Wildman–Crippen MR) is 127 cm³/mol. The Balaban J connectivity index is 1.24. The Labute approximate surface area is 204 Å². The summed E-state index contributed by atoms with van der Waals surface area (Å²) in [6.45, 7) is 2.94. The molecule has 0 bridgehead atoms. The minimum atomic E-state index is -4.66. The van der Waals surface area contributed by atoms with Gasteiger partial charge in [0.15, 0.2) is 11.4 Å². The molecule has 11 heteroatoms. The lowest BCUT2D eigenvalue weighted by Gasteiger charge is -2.32. The predicted octanol–water partition coefficient (Wildman–Crippen LogP) is 5.10. The number of nitrogens with zero attached hydrogens (tertiary/aromatic N) is 5. The van der Waals surface area contributed by atoms with E-state index < -0.39 is 12.0 Å². The fourth-order valence-corrected chi connectivity index (χ4v) is 4.12. The van der Waals surface area contributed by atoms with Crippen molar-refractivity contribution in [3.63, 3.8) is 0 Å². The number of ether oxygens (including phenoxy) is 1. The molecule has 0 aliphatic carbocycles. The SMILES string of the molecule is Cc1ccc(Oc2ccccc2NC(=O)C2CCN(c3ccc4nnc(C(F)(F)F)n4n3)CC2)cc1. The fraction of sp³-hybridized carbons (Fsp3) is 0.280. The maximum atomic E-state index is 13.2. The Morgan fingerprint density at radius 3 is 2.44 bits per heavy atom. The van der Waals surface area contributed by atoms with E-state index in [1.54, 1.807) is 18.2 Å². The molecule has 1 N–H and O–H groups in total. The highest BCUT2D eigenvalue weighted by Gasteiger charge is 2.38. The van der Waals surface area contributed by atoms with Crippen molar-refractivity contribution in [2.75, 3.05) is 23.3 Å². The zero-order valence-corrected chi connectivity index (χ0v) is 19.4. The van der Waals surface area contributed by atoms with Gasteiger partial charge in [-0.2, -0.15) is 17.7 Å². The molecule has 2 aromatic heterocycles. The summed E-state index contributed by atoms with van der Waals surface area (Å²) in [6.07, 6.45) is -3.60. The van der Waals surface area contributed by atoms with E-state index in [0.29, 0.717) is 53.5 Å². The van der Waals surface area contributed by atoms with Crippen LogP contribution in [0.1, 0.15) is 24.2 Å². The number of hydrogen-bond donors (Lipinski definition) is 1. The number of hydrogen-bond acceptors (Lipinski definition) is 6. The number of piperidine rings is 1. The van der Waals surface area contributed by atoms with Gasteiger partial charge in [0.2, 0.25) is 5.91 Å². The van der Waals surface area contributed by atoms with Gasteiger partial charge >= 0.3 is 6.18 Å². The standard InChI is InChI=1S/C25H23F3N6O2/c1-16-6-8-18(9-7-16)36-20-5-3-2-4-19(20)29-23(35)17-12-14-33(15-13-17)22-11-10-21-30-31-24(25(26,27)28)34(21)32-22/h2-11,17H,12-15H2,1H3,(H,29,35). The van der Waals surface area contributed by atoms with Gasteiger partial charge in [-0.25, -0.2) is 0 Å². The van der Waals surface area contributed by atoms with Gasteiger partial charge in [-0.15, -0.1) is 15.3 Å². The summed E-state index contributed by atoms with van der Waals surface area (Å²) in [5.41, 5.74) is 1.71. The molecule has 0 saturated carbocycles. The van der Waals surface area contributed by atoms with Crippen LogP contribution in [0.5, 0.6) is 11.5 Å². The number of alkyl halides is 3. The molecular weight excluding hydrogens is 473 g/mol. The van der Waals surface area contributed by atoms with Gasteiger partial charge < -0.3 is 15.0 Å². The summed E-state index contributed by atoms with van der Waals surface area (Å²) in [5, 5.41) is 13.8. The number of anilines is 2. The van der Waals surface area contributed by atoms with E-state index in [4.69, 9.17) is 4.74 Å². The van der Waals surface area contributed by atoms with Crippen LogP contribution in [0.3, 0.4) is 0 Å². The summed E-state index contributed by atoms with van der Waals surface area (Å²) < 4.78 is 46.2. The third-order valence-corrected chi connectivity index (χ3v) is 6.09. The monoisotopic (exact) mass is 496 g/mol. The first kappa shape index (κ1) is 23.6. The van der Waals surface area contributed by atoms with E-state index in [1.165, 1.54) is 6.07 Å².